The second-order valence-corrected chi connectivity index (χ2v) is 6.98. The summed E-state index contributed by atoms with van der Waals surface area (Å²) in [4.78, 5) is 24.5. The summed E-state index contributed by atoms with van der Waals surface area (Å²) in [5.74, 6) is 0.243. The highest BCUT2D eigenvalue weighted by Crippen LogP contribution is 2.15. The van der Waals surface area contributed by atoms with Gasteiger partial charge in [0, 0.05) is 24.4 Å². The maximum Gasteiger partial charge on any atom is 0.265 e. The van der Waals surface area contributed by atoms with E-state index in [1.54, 1.807) is 31.2 Å². The Morgan fingerprint density at radius 3 is 2.50 bits per heavy atom. The normalized spacial score (nSPS) is 17.0. The van der Waals surface area contributed by atoms with Gasteiger partial charge in [0.15, 0.2) is 6.10 Å². The van der Waals surface area contributed by atoms with Gasteiger partial charge in [-0.25, -0.2) is 0 Å². The summed E-state index contributed by atoms with van der Waals surface area (Å²) >= 11 is 0. The van der Waals surface area contributed by atoms with E-state index in [0.717, 1.165) is 25.0 Å². The average molecular weight is 382 g/mol. The van der Waals surface area contributed by atoms with Gasteiger partial charge in [-0.2, -0.15) is 0 Å². The summed E-state index contributed by atoms with van der Waals surface area (Å²) in [5, 5.41) is 5.68. The molecule has 0 aromatic heterocycles. The third-order valence-corrected chi connectivity index (χ3v) is 4.63. The molecule has 3 rings (SSSR count). The molecular weight excluding hydrogens is 356 g/mol. The second-order valence-electron chi connectivity index (χ2n) is 6.98. The molecule has 0 aliphatic carbocycles. The van der Waals surface area contributed by atoms with Gasteiger partial charge in [-0.05, 0) is 63.1 Å². The third kappa shape index (κ3) is 5.57. The van der Waals surface area contributed by atoms with E-state index in [9.17, 15) is 9.59 Å². The van der Waals surface area contributed by atoms with E-state index in [0.29, 0.717) is 23.5 Å². The molecule has 28 heavy (non-hydrogen) atoms. The lowest BCUT2D eigenvalue weighted by molar-refractivity contribution is -0.122. The van der Waals surface area contributed by atoms with Crippen LogP contribution in [0.25, 0.3) is 0 Å². The topological polar surface area (TPSA) is 76.7 Å². The molecule has 0 saturated carbocycles. The zero-order valence-corrected chi connectivity index (χ0v) is 16.2. The van der Waals surface area contributed by atoms with E-state index < -0.39 is 6.10 Å². The van der Waals surface area contributed by atoms with Crippen LogP contribution in [0.2, 0.25) is 0 Å². The number of anilines is 1. The fourth-order valence-corrected chi connectivity index (χ4v) is 2.94. The number of aryl methyl sites for hydroxylation is 1. The molecule has 6 nitrogen and oxygen atoms in total. The summed E-state index contributed by atoms with van der Waals surface area (Å²) < 4.78 is 11.2. The molecule has 6 heteroatoms. The number of carbonyl (C=O) groups is 2. The lowest BCUT2D eigenvalue weighted by Gasteiger charge is -2.15. The predicted molar refractivity (Wildman–Crippen MR) is 108 cm³/mol. The monoisotopic (exact) mass is 382 g/mol. The molecule has 2 aromatic carbocycles. The highest BCUT2D eigenvalue weighted by atomic mass is 16.5. The Kier molecular flexibility index (Phi) is 6.66. The summed E-state index contributed by atoms with van der Waals surface area (Å²) in [6.45, 7) is 4.97. The first-order valence-corrected chi connectivity index (χ1v) is 9.55. The molecule has 1 aliphatic rings. The fraction of sp³-hybridized carbons (Fsp3) is 0.364. The molecule has 1 aliphatic heterocycles. The minimum atomic E-state index is -0.642. The van der Waals surface area contributed by atoms with Crippen molar-refractivity contribution in [2.24, 2.45) is 0 Å². The van der Waals surface area contributed by atoms with Gasteiger partial charge in [0.2, 0.25) is 0 Å². The molecule has 2 N–H and O–H groups in total. The first-order valence-electron chi connectivity index (χ1n) is 9.55. The van der Waals surface area contributed by atoms with Gasteiger partial charge in [-0.15, -0.1) is 0 Å². The Hall–Kier alpha value is -2.86. The van der Waals surface area contributed by atoms with Gasteiger partial charge >= 0.3 is 0 Å². The van der Waals surface area contributed by atoms with Gasteiger partial charge in [-0.1, -0.05) is 17.7 Å². The van der Waals surface area contributed by atoms with Crippen LogP contribution < -0.4 is 15.4 Å². The smallest absolute Gasteiger partial charge is 0.265 e. The molecule has 1 heterocycles. The molecule has 0 bridgehead atoms. The van der Waals surface area contributed by atoms with Crippen molar-refractivity contribution in [3.8, 4) is 5.75 Å². The van der Waals surface area contributed by atoms with Crippen molar-refractivity contribution in [2.75, 3.05) is 18.5 Å². The quantitative estimate of drug-likeness (QED) is 0.770. The van der Waals surface area contributed by atoms with Crippen LogP contribution in [-0.4, -0.2) is 37.2 Å². The van der Waals surface area contributed by atoms with Gasteiger partial charge in [0.25, 0.3) is 11.8 Å². The van der Waals surface area contributed by atoms with Crippen molar-refractivity contribution >= 4 is 17.5 Å². The zero-order valence-electron chi connectivity index (χ0n) is 16.2. The Morgan fingerprint density at radius 1 is 1.14 bits per heavy atom. The number of nitrogens with one attached hydrogen (secondary N) is 2. The number of hydrogen-bond acceptors (Lipinski definition) is 4. The number of carbonyl (C=O) groups excluding carboxylic acids is 2. The summed E-state index contributed by atoms with van der Waals surface area (Å²) in [6, 6.07) is 14.3. The van der Waals surface area contributed by atoms with Gasteiger partial charge in [0.1, 0.15) is 5.75 Å². The van der Waals surface area contributed by atoms with Crippen molar-refractivity contribution in [3.05, 3.63) is 59.7 Å². The van der Waals surface area contributed by atoms with E-state index in [2.05, 4.69) is 10.6 Å². The minimum absolute atomic E-state index is 0.109. The summed E-state index contributed by atoms with van der Waals surface area (Å²) in [6.07, 6.45) is 1.49. The van der Waals surface area contributed by atoms with Crippen molar-refractivity contribution in [3.63, 3.8) is 0 Å². The van der Waals surface area contributed by atoms with Crippen LogP contribution in [-0.2, 0) is 9.53 Å². The number of rotatable bonds is 7. The molecule has 1 fully saturated rings. The summed E-state index contributed by atoms with van der Waals surface area (Å²) in [7, 11) is 0. The molecule has 2 atom stereocenters. The highest BCUT2D eigenvalue weighted by Gasteiger charge is 2.17. The SMILES string of the molecule is Cc1ccc(O[C@@H](C)C(=O)Nc2ccc(C(=O)NC[C@H]3CCCO3)cc2)cc1. The third-order valence-electron chi connectivity index (χ3n) is 4.63. The van der Waals surface area contributed by atoms with Crippen molar-refractivity contribution in [2.45, 2.75) is 38.9 Å². The fourth-order valence-electron chi connectivity index (χ4n) is 2.94. The minimum Gasteiger partial charge on any atom is -0.481 e. The van der Waals surface area contributed by atoms with Crippen molar-refractivity contribution in [1.82, 2.24) is 5.32 Å². The standard InChI is InChI=1S/C22H26N2O4/c1-15-5-11-19(12-6-15)28-16(2)21(25)24-18-9-7-17(8-10-18)22(26)23-14-20-4-3-13-27-20/h5-12,16,20H,3-4,13-14H2,1-2H3,(H,23,26)(H,24,25)/t16-,20+/m0/s1. The molecule has 2 amide bonds. The largest absolute Gasteiger partial charge is 0.481 e. The van der Waals surface area contributed by atoms with Crippen molar-refractivity contribution in [1.29, 1.82) is 0 Å². The summed E-state index contributed by atoms with van der Waals surface area (Å²) in [5.41, 5.74) is 2.28. The van der Waals surface area contributed by atoms with Crippen LogP contribution in [0.3, 0.4) is 0 Å². The predicted octanol–water partition coefficient (Wildman–Crippen LogP) is 3.31. The zero-order chi connectivity index (χ0) is 19.9. The van der Waals surface area contributed by atoms with Crippen LogP contribution in [0.5, 0.6) is 5.75 Å². The lowest BCUT2D eigenvalue weighted by atomic mass is 10.1. The number of ether oxygens (including phenoxy) is 2. The highest BCUT2D eigenvalue weighted by molar-refractivity contribution is 5.96. The van der Waals surface area contributed by atoms with Crippen LogP contribution in [0.1, 0.15) is 35.7 Å². The second kappa shape index (κ2) is 9.37. The van der Waals surface area contributed by atoms with Crippen LogP contribution in [0.4, 0.5) is 5.69 Å². The van der Waals surface area contributed by atoms with Crippen LogP contribution in [0, 0.1) is 6.92 Å². The van der Waals surface area contributed by atoms with E-state index in [4.69, 9.17) is 9.47 Å². The average Bonchev–Trinajstić information content (AvgIpc) is 3.22. The van der Waals surface area contributed by atoms with E-state index >= 15 is 0 Å². The Bertz CT molecular complexity index is 796. The number of benzene rings is 2. The van der Waals surface area contributed by atoms with Crippen LogP contribution in [0.15, 0.2) is 48.5 Å². The Balaban J connectivity index is 1.49. The van der Waals surface area contributed by atoms with E-state index in [-0.39, 0.29) is 17.9 Å². The van der Waals surface area contributed by atoms with Gasteiger partial charge in [-0.3, -0.25) is 9.59 Å². The van der Waals surface area contributed by atoms with Gasteiger partial charge in [0.05, 0.1) is 6.10 Å². The van der Waals surface area contributed by atoms with Crippen molar-refractivity contribution < 1.29 is 19.1 Å². The maximum atomic E-state index is 12.3. The lowest BCUT2D eigenvalue weighted by Crippen LogP contribution is -2.32. The molecule has 0 unspecified atom stereocenters. The van der Waals surface area contributed by atoms with Gasteiger partial charge < -0.3 is 20.1 Å². The molecule has 0 spiro atoms. The molecule has 2 aromatic rings. The van der Waals surface area contributed by atoms with Crippen LogP contribution >= 0.6 is 0 Å². The van der Waals surface area contributed by atoms with E-state index in [1.807, 2.05) is 31.2 Å². The molecular formula is C22H26N2O4. The molecule has 1 saturated heterocycles. The Morgan fingerprint density at radius 2 is 1.86 bits per heavy atom. The molecule has 148 valence electrons. The molecule has 0 radical (unpaired) electrons. The number of amides is 2. The Labute approximate surface area is 165 Å². The first-order chi connectivity index (χ1) is 13.5. The van der Waals surface area contributed by atoms with E-state index in [1.165, 1.54) is 0 Å². The first kappa shape index (κ1) is 19.9. The maximum absolute atomic E-state index is 12.3. The number of hydrogen-bond donors (Lipinski definition) is 2.